The van der Waals surface area contributed by atoms with Crippen LogP contribution in [-0.2, 0) is 0 Å². The maximum absolute atomic E-state index is 10.4. The van der Waals surface area contributed by atoms with Crippen molar-refractivity contribution in [2.24, 2.45) is 5.73 Å². The van der Waals surface area contributed by atoms with Gasteiger partial charge in [-0.1, -0.05) is 0 Å². The van der Waals surface area contributed by atoms with Crippen LogP contribution in [0.25, 0.3) is 0 Å². The van der Waals surface area contributed by atoms with Gasteiger partial charge in [0.1, 0.15) is 0 Å². The van der Waals surface area contributed by atoms with Crippen molar-refractivity contribution in [2.45, 2.75) is 12.0 Å². The summed E-state index contributed by atoms with van der Waals surface area (Å²) in [6, 6.07) is 5.72. The third-order valence-electron chi connectivity index (χ3n) is 2.68. The topological polar surface area (TPSA) is 59.1 Å². The van der Waals surface area contributed by atoms with Gasteiger partial charge in [-0.05, 0) is 45.1 Å². The molecule has 2 atom stereocenters. The van der Waals surface area contributed by atoms with E-state index in [0.29, 0.717) is 6.54 Å². The maximum Gasteiger partial charge on any atom is 0.0973 e. The van der Waals surface area contributed by atoms with Crippen LogP contribution in [0.3, 0.4) is 0 Å². The molecule has 0 saturated heterocycles. The monoisotopic (exact) mass is 312 g/mol. The molecule has 0 radical (unpaired) electrons. The van der Waals surface area contributed by atoms with Crippen LogP contribution in [-0.4, -0.2) is 16.6 Å². The van der Waals surface area contributed by atoms with Gasteiger partial charge in [-0.2, -0.15) is 0 Å². The molecule has 3 N–H and O–H groups in total. The fourth-order valence-electron chi connectivity index (χ4n) is 1.76. The average Bonchev–Trinajstić information content (AvgIpc) is 2.77. The van der Waals surface area contributed by atoms with Crippen molar-refractivity contribution < 1.29 is 5.11 Å². The summed E-state index contributed by atoms with van der Waals surface area (Å²) in [5.74, 6) is -0.104. The highest BCUT2D eigenvalue weighted by Crippen LogP contribution is 2.37. The van der Waals surface area contributed by atoms with E-state index in [9.17, 15) is 5.11 Å². The van der Waals surface area contributed by atoms with Crippen molar-refractivity contribution in [1.29, 1.82) is 0 Å². The fraction of sp³-hybridized carbons (Fsp3) is 0.250. The predicted octanol–water partition coefficient (Wildman–Crippen LogP) is 2.68. The summed E-state index contributed by atoms with van der Waals surface area (Å²) in [5.41, 5.74) is 6.78. The van der Waals surface area contributed by atoms with E-state index in [1.807, 2.05) is 23.6 Å². The first kappa shape index (κ1) is 12.7. The van der Waals surface area contributed by atoms with E-state index in [0.717, 1.165) is 14.9 Å². The minimum Gasteiger partial charge on any atom is -0.387 e. The zero-order chi connectivity index (χ0) is 12.3. The van der Waals surface area contributed by atoms with E-state index >= 15 is 0 Å². The van der Waals surface area contributed by atoms with Crippen LogP contribution in [0.5, 0.6) is 0 Å². The molecule has 2 aromatic heterocycles. The Morgan fingerprint density at radius 3 is 2.59 bits per heavy atom. The molecule has 0 aliphatic carbocycles. The molecule has 0 amide bonds. The van der Waals surface area contributed by atoms with Crippen molar-refractivity contribution in [2.75, 3.05) is 6.54 Å². The van der Waals surface area contributed by atoms with Gasteiger partial charge in [0, 0.05) is 34.2 Å². The SMILES string of the molecule is NCC(c1ccncc1)C(O)c1sccc1Br. The Labute approximate surface area is 112 Å². The number of aliphatic hydroxyl groups excluding tert-OH is 1. The largest absolute Gasteiger partial charge is 0.387 e. The molecule has 2 rings (SSSR count). The van der Waals surface area contributed by atoms with Crippen molar-refractivity contribution in [3.05, 3.63) is 50.9 Å². The van der Waals surface area contributed by atoms with Crippen LogP contribution in [0.15, 0.2) is 40.4 Å². The fourth-order valence-corrected chi connectivity index (χ4v) is 3.41. The summed E-state index contributed by atoms with van der Waals surface area (Å²) in [6.07, 6.45) is 2.85. The molecule has 0 saturated carbocycles. The number of aliphatic hydroxyl groups is 1. The van der Waals surface area contributed by atoms with Crippen LogP contribution in [0.2, 0.25) is 0 Å². The number of hydrogen-bond acceptors (Lipinski definition) is 4. The number of nitrogens with two attached hydrogens (primary N) is 1. The predicted molar refractivity (Wildman–Crippen MR) is 73.0 cm³/mol. The lowest BCUT2D eigenvalue weighted by Gasteiger charge is -2.21. The van der Waals surface area contributed by atoms with E-state index in [1.54, 1.807) is 12.4 Å². The van der Waals surface area contributed by atoms with Crippen molar-refractivity contribution >= 4 is 27.3 Å². The summed E-state index contributed by atoms with van der Waals surface area (Å²) in [6.45, 7) is 0.398. The van der Waals surface area contributed by atoms with Crippen LogP contribution in [0, 0.1) is 0 Å². The number of rotatable bonds is 4. The molecule has 2 unspecified atom stereocenters. The highest BCUT2D eigenvalue weighted by Gasteiger charge is 2.24. The van der Waals surface area contributed by atoms with Crippen molar-refractivity contribution in [1.82, 2.24) is 4.98 Å². The lowest BCUT2D eigenvalue weighted by molar-refractivity contribution is 0.150. The van der Waals surface area contributed by atoms with Gasteiger partial charge >= 0.3 is 0 Å². The summed E-state index contributed by atoms with van der Waals surface area (Å²) < 4.78 is 0.933. The van der Waals surface area contributed by atoms with Crippen molar-refractivity contribution in [3.8, 4) is 0 Å². The van der Waals surface area contributed by atoms with Gasteiger partial charge in [0.25, 0.3) is 0 Å². The van der Waals surface area contributed by atoms with Crippen LogP contribution in [0.1, 0.15) is 22.5 Å². The maximum atomic E-state index is 10.4. The smallest absolute Gasteiger partial charge is 0.0973 e. The summed E-state index contributed by atoms with van der Waals surface area (Å²) in [7, 11) is 0. The minimum atomic E-state index is -0.586. The standard InChI is InChI=1S/C12H13BrN2OS/c13-10-3-6-17-12(10)11(16)9(7-14)8-1-4-15-5-2-8/h1-6,9,11,16H,7,14H2. The molecule has 0 spiro atoms. The van der Waals surface area contributed by atoms with E-state index in [4.69, 9.17) is 5.73 Å². The molecule has 2 aromatic rings. The molecule has 90 valence electrons. The van der Waals surface area contributed by atoms with Gasteiger partial charge in [0.05, 0.1) is 6.10 Å². The highest BCUT2D eigenvalue weighted by atomic mass is 79.9. The van der Waals surface area contributed by atoms with E-state index in [-0.39, 0.29) is 5.92 Å². The van der Waals surface area contributed by atoms with Gasteiger partial charge in [0.15, 0.2) is 0 Å². The lowest BCUT2D eigenvalue weighted by Crippen LogP contribution is -2.19. The number of pyridine rings is 1. The van der Waals surface area contributed by atoms with Gasteiger partial charge in [-0.15, -0.1) is 11.3 Å². The summed E-state index contributed by atoms with van der Waals surface area (Å²) >= 11 is 4.96. The van der Waals surface area contributed by atoms with Gasteiger partial charge in [-0.25, -0.2) is 0 Å². The molecule has 17 heavy (non-hydrogen) atoms. The molecule has 0 aliphatic rings. The number of aromatic nitrogens is 1. The second kappa shape index (κ2) is 5.73. The second-order valence-corrected chi connectivity index (χ2v) is 5.50. The second-order valence-electron chi connectivity index (χ2n) is 3.70. The first-order valence-electron chi connectivity index (χ1n) is 5.25. The number of hydrogen-bond donors (Lipinski definition) is 2. The average molecular weight is 313 g/mol. The summed E-state index contributed by atoms with van der Waals surface area (Å²) in [4.78, 5) is 4.89. The number of nitrogens with zero attached hydrogens (tertiary/aromatic N) is 1. The molecular formula is C12H13BrN2OS. The minimum absolute atomic E-state index is 0.104. The normalized spacial score (nSPS) is 14.5. The molecule has 0 fully saturated rings. The molecule has 0 aliphatic heterocycles. The van der Waals surface area contributed by atoms with Crippen molar-refractivity contribution in [3.63, 3.8) is 0 Å². The first-order valence-corrected chi connectivity index (χ1v) is 6.92. The van der Waals surface area contributed by atoms with Gasteiger partial charge in [-0.3, -0.25) is 4.98 Å². The zero-order valence-corrected chi connectivity index (χ0v) is 11.5. The molecule has 3 nitrogen and oxygen atoms in total. The Morgan fingerprint density at radius 2 is 2.06 bits per heavy atom. The first-order chi connectivity index (χ1) is 8.24. The van der Waals surface area contributed by atoms with E-state index in [1.165, 1.54) is 11.3 Å². The molecule has 5 heteroatoms. The zero-order valence-electron chi connectivity index (χ0n) is 9.08. The Balaban J connectivity index is 2.28. The summed E-state index contributed by atoms with van der Waals surface area (Å²) in [5, 5.41) is 12.3. The highest BCUT2D eigenvalue weighted by molar-refractivity contribution is 9.10. The Bertz CT molecular complexity index is 474. The van der Waals surface area contributed by atoms with Gasteiger partial charge < -0.3 is 10.8 Å². The number of thiophene rings is 1. The quantitative estimate of drug-likeness (QED) is 0.912. The van der Waals surface area contributed by atoms with E-state index in [2.05, 4.69) is 20.9 Å². The van der Waals surface area contributed by atoms with E-state index < -0.39 is 6.10 Å². The lowest BCUT2D eigenvalue weighted by atomic mass is 9.93. The third-order valence-corrected chi connectivity index (χ3v) is 4.62. The number of halogens is 1. The van der Waals surface area contributed by atoms with Crippen LogP contribution < -0.4 is 5.73 Å². The molecule has 0 bridgehead atoms. The Hall–Kier alpha value is -0.750. The Morgan fingerprint density at radius 1 is 1.35 bits per heavy atom. The molecule has 0 aromatic carbocycles. The van der Waals surface area contributed by atoms with Gasteiger partial charge in [0.2, 0.25) is 0 Å². The third kappa shape index (κ3) is 2.74. The van der Waals surface area contributed by atoms with Crippen LogP contribution >= 0.6 is 27.3 Å². The molecular weight excluding hydrogens is 300 g/mol. The van der Waals surface area contributed by atoms with Crippen LogP contribution in [0.4, 0.5) is 0 Å². The molecule has 2 heterocycles. The Kier molecular flexibility index (Phi) is 4.28.